The summed E-state index contributed by atoms with van der Waals surface area (Å²) in [5, 5.41) is 25.9. The van der Waals surface area contributed by atoms with Crippen LogP contribution in [0.25, 0.3) is 0 Å². The molecule has 0 aliphatic carbocycles. The van der Waals surface area contributed by atoms with E-state index in [-0.39, 0.29) is 29.4 Å². The molecular weight excluding hydrogens is 570 g/mol. The highest BCUT2D eigenvalue weighted by Gasteiger charge is 1.98. The molecule has 0 atom stereocenters. The molecule has 0 fully saturated rings. The van der Waals surface area contributed by atoms with Crippen LogP contribution in [0.4, 0.5) is 23.3 Å². The van der Waals surface area contributed by atoms with Crippen molar-refractivity contribution in [2.75, 3.05) is 22.9 Å². The molecule has 0 aliphatic rings. The summed E-state index contributed by atoms with van der Waals surface area (Å²) in [5.41, 5.74) is 37.5. The van der Waals surface area contributed by atoms with Crippen molar-refractivity contribution in [1.82, 2.24) is 15.0 Å². The fourth-order valence-corrected chi connectivity index (χ4v) is 3.55. The van der Waals surface area contributed by atoms with Crippen LogP contribution in [-0.4, -0.2) is 31.1 Å². The van der Waals surface area contributed by atoms with Gasteiger partial charge >= 0.3 is 0 Å². The molecule has 1 heterocycles. The predicted octanol–water partition coefficient (Wildman–Crippen LogP) is 3.22. The van der Waals surface area contributed by atoms with Crippen molar-refractivity contribution in [3.05, 3.63) is 125 Å². The maximum atomic E-state index is 9.13. The van der Waals surface area contributed by atoms with Gasteiger partial charge in [-0.1, -0.05) is 48.5 Å². The van der Waals surface area contributed by atoms with Crippen molar-refractivity contribution in [3.8, 4) is 17.7 Å². The largest absolute Gasteiger partial charge is 0.508 e. The Morgan fingerprint density at radius 1 is 0.600 bits per heavy atom. The summed E-state index contributed by atoms with van der Waals surface area (Å²) in [4.78, 5) is 13.9. The Morgan fingerprint density at radius 2 is 0.911 bits per heavy atom. The quantitative estimate of drug-likeness (QED) is 0.0633. The van der Waals surface area contributed by atoms with E-state index in [2.05, 4.69) is 19.9 Å². The molecule has 0 saturated heterocycles. The van der Waals surface area contributed by atoms with Gasteiger partial charge in [-0.15, -0.1) is 4.99 Å². The van der Waals surface area contributed by atoms with Gasteiger partial charge in [-0.2, -0.15) is 20.2 Å². The predicted molar refractivity (Wildman–Crippen MR) is 178 cm³/mol. The highest BCUT2D eigenvalue weighted by atomic mass is 16.3. The summed E-state index contributed by atoms with van der Waals surface area (Å²) < 4.78 is 0. The normalized spacial score (nSPS) is 9.42. The number of rotatable bonds is 4. The lowest BCUT2D eigenvalue weighted by molar-refractivity contribution is 0.475. The molecule has 4 aromatic carbocycles. The lowest BCUT2D eigenvalue weighted by Crippen LogP contribution is -2.21. The number of aliphatic imine (C=N–C) groups is 1. The lowest BCUT2D eigenvalue weighted by Gasteiger charge is -2.02. The smallest absolute Gasteiger partial charge is 0.225 e. The van der Waals surface area contributed by atoms with Gasteiger partial charge in [0.15, 0.2) is 0 Å². The van der Waals surface area contributed by atoms with Crippen LogP contribution in [0.15, 0.2) is 102 Å². The van der Waals surface area contributed by atoms with Gasteiger partial charge in [0.2, 0.25) is 24.0 Å². The summed E-state index contributed by atoms with van der Waals surface area (Å²) in [6.45, 7) is 1.70. The van der Waals surface area contributed by atoms with Crippen LogP contribution in [0.3, 0.4) is 0 Å². The monoisotopic (exact) mass is 607 g/mol. The van der Waals surface area contributed by atoms with Gasteiger partial charge in [-0.05, 0) is 90.6 Å². The Kier molecular flexibility index (Phi) is 13.9. The highest BCUT2D eigenvalue weighted by molar-refractivity contribution is 5.76. The third-order valence-corrected chi connectivity index (χ3v) is 5.61. The number of guanidine groups is 1. The molecule has 0 aliphatic heterocycles. The van der Waals surface area contributed by atoms with Crippen molar-refractivity contribution in [3.63, 3.8) is 0 Å². The molecule has 14 N–H and O–H groups in total. The number of nitriles is 1. The first-order chi connectivity index (χ1) is 21.4. The second kappa shape index (κ2) is 18.1. The van der Waals surface area contributed by atoms with Crippen LogP contribution >= 0.6 is 0 Å². The van der Waals surface area contributed by atoms with Crippen LogP contribution in [0.1, 0.15) is 28.1 Å². The number of anilines is 4. The van der Waals surface area contributed by atoms with Gasteiger partial charge in [0, 0.05) is 11.4 Å². The highest BCUT2D eigenvalue weighted by Crippen LogP contribution is 2.16. The number of aromatic nitrogens is 3. The molecule has 1 aromatic heterocycles. The van der Waals surface area contributed by atoms with E-state index in [1.165, 1.54) is 17.3 Å². The first kappa shape index (κ1) is 34.7. The van der Waals surface area contributed by atoms with E-state index in [1.54, 1.807) is 31.2 Å². The molecule has 0 saturated carbocycles. The molecule has 0 radical (unpaired) electrons. The first-order valence-electron chi connectivity index (χ1n) is 13.4. The van der Waals surface area contributed by atoms with E-state index in [0.717, 1.165) is 35.3 Å². The Bertz CT molecular complexity index is 1440. The molecule has 0 amide bonds. The topological polar surface area (TPSA) is 271 Å². The van der Waals surface area contributed by atoms with Crippen molar-refractivity contribution >= 4 is 29.2 Å². The minimum atomic E-state index is -0.197. The number of phenolic OH excluding ortho intramolecular Hbond substituents is 2. The van der Waals surface area contributed by atoms with Gasteiger partial charge < -0.3 is 44.6 Å². The third-order valence-electron chi connectivity index (χ3n) is 5.61. The van der Waals surface area contributed by atoms with Crippen molar-refractivity contribution in [2.24, 2.45) is 16.5 Å². The SMILES string of the molecule is Cc1nc(N)nc(N)n1.N#CN=C(N)N.Nc1ccc(Cc2ccc(N)cc2)cc1.Oc1ccc(Cc2ccc(O)cc2)cc1. The van der Waals surface area contributed by atoms with Crippen molar-refractivity contribution in [2.45, 2.75) is 19.8 Å². The van der Waals surface area contributed by atoms with E-state index in [1.807, 2.05) is 72.8 Å². The maximum absolute atomic E-state index is 9.13. The second-order valence-corrected chi connectivity index (χ2v) is 9.41. The van der Waals surface area contributed by atoms with Crippen LogP contribution in [0, 0.1) is 18.4 Å². The molecule has 45 heavy (non-hydrogen) atoms. The number of nitrogen functional groups attached to an aromatic ring is 4. The maximum Gasteiger partial charge on any atom is 0.225 e. The van der Waals surface area contributed by atoms with Gasteiger partial charge in [0.25, 0.3) is 0 Å². The number of hydrogen-bond donors (Lipinski definition) is 8. The van der Waals surface area contributed by atoms with E-state index in [0.29, 0.717) is 5.82 Å². The van der Waals surface area contributed by atoms with Crippen molar-refractivity contribution < 1.29 is 10.2 Å². The number of aryl methyl sites for hydroxylation is 1. The molecular formula is C32H37N11O2. The molecule has 5 rings (SSSR count). The lowest BCUT2D eigenvalue weighted by atomic mass is 10.0. The zero-order valence-corrected chi connectivity index (χ0v) is 24.7. The Balaban J connectivity index is 0.000000222. The molecule has 5 aromatic rings. The van der Waals surface area contributed by atoms with Gasteiger partial charge in [0.05, 0.1) is 0 Å². The molecule has 0 unspecified atom stereocenters. The Labute approximate surface area is 261 Å². The van der Waals surface area contributed by atoms with Crippen LogP contribution < -0.4 is 34.4 Å². The van der Waals surface area contributed by atoms with E-state index in [9.17, 15) is 0 Å². The fourth-order valence-electron chi connectivity index (χ4n) is 3.55. The molecule has 13 nitrogen and oxygen atoms in total. The van der Waals surface area contributed by atoms with E-state index < -0.39 is 0 Å². The van der Waals surface area contributed by atoms with E-state index >= 15 is 0 Å². The molecule has 13 heteroatoms. The second-order valence-electron chi connectivity index (χ2n) is 9.41. The summed E-state index contributed by atoms with van der Waals surface area (Å²) >= 11 is 0. The summed E-state index contributed by atoms with van der Waals surface area (Å²) in [7, 11) is 0. The number of aromatic hydroxyl groups is 2. The van der Waals surface area contributed by atoms with E-state index in [4.69, 9.17) is 49.9 Å². The minimum absolute atomic E-state index is 0.167. The number of hydrogen-bond acceptors (Lipinski definition) is 11. The average molecular weight is 608 g/mol. The van der Waals surface area contributed by atoms with Crippen LogP contribution in [0.5, 0.6) is 11.5 Å². The third kappa shape index (κ3) is 14.8. The van der Waals surface area contributed by atoms with Crippen LogP contribution in [0.2, 0.25) is 0 Å². The van der Waals surface area contributed by atoms with Gasteiger partial charge in [-0.3, -0.25) is 0 Å². The van der Waals surface area contributed by atoms with Gasteiger partial charge in [-0.25, -0.2) is 0 Å². The summed E-state index contributed by atoms with van der Waals surface area (Å²) in [6.07, 6.45) is 3.13. The zero-order valence-electron chi connectivity index (χ0n) is 24.7. The summed E-state index contributed by atoms with van der Waals surface area (Å²) in [5.74, 6) is 1.24. The fraction of sp³-hybridized carbons (Fsp3) is 0.0938. The standard InChI is InChI=1S/C13H14N2.C13H12O2.C4H7N5.C2H4N4/c2*14-12-5-1-10(2-6-12)9-11-3-7-13(15)8-4-11;1-2-7-3(5)9-4(6)8-2;3-1-6-2(4)5/h1-8H,9,14-15H2;1-8,14-15H,9H2;1H3,(H4,5,6,7,8,9);(H4,4,5,6). The number of nitrogens with two attached hydrogens (primary N) is 6. The molecule has 232 valence electrons. The van der Waals surface area contributed by atoms with Crippen LogP contribution in [-0.2, 0) is 12.8 Å². The van der Waals surface area contributed by atoms with Crippen molar-refractivity contribution in [1.29, 1.82) is 5.26 Å². The average Bonchev–Trinajstić information content (AvgIpc) is 2.98. The number of phenols is 2. The number of benzene rings is 4. The molecule has 0 spiro atoms. The Hall–Kier alpha value is -6.55. The number of nitrogens with zero attached hydrogens (tertiary/aromatic N) is 5. The first-order valence-corrected chi connectivity index (χ1v) is 13.4. The minimum Gasteiger partial charge on any atom is -0.508 e. The zero-order chi connectivity index (χ0) is 33.2. The van der Waals surface area contributed by atoms with Gasteiger partial charge in [0.1, 0.15) is 17.3 Å². The molecule has 0 bridgehead atoms. The summed E-state index contributed by atoms with van der Waals surface area (Å²) in [6, 6.07) is 30.2. The Morgan fingerprint density at radius 3 is 1.16 bits per heavy atom.